The fourth-order valence-corrected chi connectivity index (χ4v) is 3.55. The van der Waals surface area contributed by atoms with Gasteiger partial charge in [0.15, 0.2) is 0 Å². The maximum absolute atomic E-state index is 5.74. The summed E-state index contributed by atoms with van der Waals surface area (Å²) in [5.74, 6) is 0. The minimum atomic E-state index is -2.29. The summed E-state index contributed by atoms with van der Waals surface area (Å²) in [7, 11) is 0.923. The lowest BCUT2D eigenvalue weighted by molar-refractivity contribution is -0.101. The third kappa shape index (κ3) is 6.06. The molecule has 4 nitrogen and oxygen atoms in total. The molecule has 2 atom stereocenters. The number of methoxy groups -OCH3 is 2. The molecule has 0 aromatic heterocycles. The molecule has 0 fully saturated rings. The molecule has 0 aromatic carbocycles. The molecule has 15 heavy (non-hydrogen) atoms. The van der Waals surface area contributed by atoms with Crippen molar-refractivity contribution in [2.24, 2.45) is 0 Å². The second kappa shape index (κ2) is 7.13. The zero-order chi connectivity index (χ0) is 11.9. The largest absolute Gasteiger partial charge is 0.368 e. The second-order valence-electron chi connectivity index (χ2n) is 3.47. The van der Waals surface area contributed by atoms with E-state index in [1.54, 1.807) is 20.3 Å². The van der Waals surface area contributed by atoms with E-state index in [1.165, 1.54) is 0 Å². The fourth-order valence-electron chi connectivity index (χ4n) is 1.18. The lowest BCUT2D eigenvalue weighted by Gasteiger charge is -2.31. The molecular formula is C10H22O4Si. The highest BCUT2D eigenvalue weighted by Crippen LogP contribution is 2.18. The van der Waals surface area contributed by atoms with Crippen LogP contribution >= 0.6 is 0 Å². The van der Waals surface area contributed by atoms with E-state index in [2.05, 4.69) is 6.58 Å². The van der Waals surface area contributed by atoms with Gasteiger partial charge in [0, 0.05) is 20.3 Å². The third-order valence-electron chi connectivity index (χ3n) is 2.01. The van der Waals surface area contributed by atoms with Crippen molar-refractivity contribution < 1.29 is 18.3 Å². The second-order valence-corrected chi connectivity index (χ2v) is 6.62. The molecule has 90 valence electrons. The monoisotopic (exact) mass is 234 g/mol. The van der Waals surface area contributed by atoms with E-state index in [9.17, 15) is 0 Å². The number of ether oxygens (including phenoxy) is 2. The molecule has 0 aliphatic carbocycles. The highest BCUT2D eigenvalue weighted by atomic mass is 28.4. The fraction of sp³-hybridized carbons (Fsp3) is 0.800. The standard InChI is InChI=1S/C10H22O4Si/c1-7-8-15(6,13-9(2)11-4)14-10(3)12-5/h7,9-10H,1,8H2,2-6H3. The lowest BCUT2D eigenvalue weighted by atomic mass is 10.8. The first-order valence-corrected chi connectivity index (χ1v) is 7.52. The van der Waals surface area contributed by atoms with Crippen LogP contribution in [-0.2, 0) is 18.3 Å². The number of allylic oxidation sites excluding steroid dienone is 1. The summed E-state index contributed by atoms with van der Waals surface area (Å²) >= 11 is 0. The quantitative estimate of drug-likeness (QED) is 0.367. The van der Waals surface area contributed by atoms with Crippen LogP contribution in [0.2, 0.25) is 12.6 Å². The summed E-state index contributed by atoms with van der Waals surface area (Å²) in [5, 5.41) is 0. The zero-order valence-electron chi connectivity index (χ0n) is 10.3. The van der Waals surface area contributed by atoms with Crippen molar-refractivity contribution in [1.82, 2.24) is 0 Å². The van der Waals surface area contributed by atoms with Gasteiger partial charge in [-0.25, -0.2) is 0 Å². The van der Waals surface area contributed by atoms with Crippen LogP contribution in [0.15, 0.2) is 12.7 Å². The Hall–Kier alpha value is -0.203. The van der Waals surface area contributed by atoms with Gasteiger partial charge >= 0.3 is 8.56 Å². The maximum Gasteiger partial charge on any atom is 0.342 e. The average molecular weight is 234 g/mol. The van der Waals surface area contributed by atoms with Crippen molar-refractivity contribution in [3.8, 4) is 0 Å². The van der Waals surface area contributed by atoms with Gasteiger partial charge in [-0.1, -0.05) is 6.08 Å². The van der Waals surface area contributed by atoms with E-state index in [-0.39, 0.29) is 12.6 Å². The van der Waals surface area contributed by atoms with Crippen molar-refractivity contribution in [2.75, 3.05) is 14.2 Å². The molecule has 2 unspecified atom stereocenters. The molecule has 0 bridgehead atoms. The van der Waals surface area contributed by atoms with E-state index < -0.39 is 8.56 Å². The smallest absolute Gasteiger partial charge is 0.342 e. The number of hydrogen-bond acceptors (Lipinski definition) is 4. The van der Waals surface area contributed by atoms with Crippen molar-refractivity contribution in [2.45, 2.75) is 39.0 Å². The first-order valence-electron chi connectivity index (χ1n) is 4.99. The van der Waals surface area contributed by atoms with Crippen molar-refractivity contribution in [1.29, 1.82) is 0 Å². The first kappa shape index (κ1) is 14.8. The minimum absolute atomic E-state index is 0.273. The van der Waals surface area contributed by atoms with Crippen LogP contribution in [0.1, 0.15) is 13.8 Å². The molecule has 0 radical (unpaired) electrons. The summed E-state index contributed by atoms with van der Waals surface area (Å²) in [6.45, 7) is 9.36. The van der Waals surface area contributed by atoms with Crippen molar-refractivity contribution >= 4 is 8.56 Å². The third-order valence-corrected chi connectivity index (χ3v) is 4.70. The van der Waals surface area contributed by atoms with Gasteiger partial charge in [-0.3, -0.25) is 0 Å². The summed E-state index contributed by atoms with van der Waals surface area (Å²) in [5.41, 5.74) is 0. The molecule has 0 saturated heterocycles. The number of hydrogen-bond donors (Lipinski definition) is 0. The van der Waals surface area contributed by atoms with E-state index in [0.717, 1.165) is 0 Å². The van der Waals surface area contributed by atoms with Crippen LogP contribution in [0.3, 0.4) is 0 Å². The molecule has 0 aliphatic rings. The Morgan fingerprint density at radius 1 is 1.13 bits per heavy atom. The molecule has 0 aromatic rings. The van der Waals surface area contributed by atoms with Crippen molar-refractivity contribution in [3.05, 3.63) is 12.7 Å². The van der Waals surface area contributed by atoms with Gasteiger partial charge in [0.1, 0.15) is 12.6 Å². The van der Waals surface area contributed by atoms with Gasteiger partial charge in [-0.2, -0.15) is 0 Å². The van der Waals surface area contributed by atoms with Crippen molar-refractivity contribution in [3.63, 3.8) is 0 Å². The predicted molar refractivity (Wildman–Crippen MR) is 61.7 cm³/mol. The zero-order valence-corrected chi connectivity index (χ0v) is 11.3. The molecule has 0 N–H and O–H groups in total. The highest BCUT2D eigenvalue weighted by molar-refractivity contribution is 6.66. The Morgan fingerprint density at radius 3 is 1.80 bits per heavy atom. The minimum Gasteiger partial charge on any atom is -0.368 e. The van der Waals surface area contributed by atoms with Crippen LogP contribution in [0.4, 0.5) is 0 Å². The van der Waals surface area contributed by atoms with E-state index in [0.29, 0.717) is 6.04 Å². The van der Waals surface area contributed by atoms with E-state index in [1.807, 2.05) is 20.4 Å². The maximum atomic E-state index is 5.74. The van der Waals surface area contributed by atoms with E-state index >= 15 is 0 Å². The van der Waals surface area contributed by atoms with Crippen LogP contribution in [-0.4, -0.2) is 35.4 Å². The topological polar surface area (TPSA) is 36.9 Å². The molecular weight excluding hydrogens is 212 g/mol. The summed E-state index contributed by atoms with van der Waals surface area (Å²) < 4.78 is 21.6. The summed E-state index contributed by atoms with van der Waals surface area (Å²) in [6, 6.07) is 0.703. The molecule has 0 saturated carbocycles. The SMILES string of the molecule is C=CC[Si](C)(OC(C)OC)OC(C)OC. The Morgan fingerprint density at radius 2 is 1.53 bits per heavy atom. The molecule has 0 heterocycles. The predicted octanol–water partition coefficient (Wildman–Crippen LogP) is 2.26. The van der Waals surface area contributed by atoms with E-state index in [4.69, 9.17) is 18.3 Å². The van der Waals surface area contributed by atoms with Gasteiger partial charge in [0.2, 0.25) is 0 Å². The lowest BCUT2D eigenvalue weighted by Crippen LogP contribution is -2.44. The van der Waals surface area contributed by atoms with Crippen LogP contribution < -0.4 is 0 Å². The molecule has 0 rings (SSSR count). The first-order chi connectivity index (χ1) is 6.97. The van der Waals surface area contributed by atoms with Crippen LogP contribution in [0.5, 0.6) is 0 Å². The van der Waals surface area contributed by atoms with Gasteiger partial charge in [0.25, 0.3) is 0 Å². The normalized spacial score (nSPS) is 19.3. The Kier molecular flexibility index (Phi) is 7.04. The van der Waals surface area contributed by atoms with Crippen LogP contribution in [0.25, 0.3) is 0 Å². The van der Waals surface area contributed by atoms with Gasteiger partial charge < -0.3 is 18.3 Å². The Balaban J connectivity index is 4.36. The number of rotatable bonds is 8. The molecule has 0 aliphatic heterocycles. The molecule has 0 spiro atoms. The van der Waals surface area contributed by atoms with Gasteiger partial charge in [-0.15, -0.1) is 6.58 Å². The molecule has 0 amide bonds. The summed E-state index contributed by atoms with van der Waals surface area (Å²) in [4.78, 5) is 0. The highest BCUT2D eigenvalue weighted by Gasteiger charge is 2.34. The van der Waals surface area contributed by atoms with Gasteiger partial charge in [-0.05, 0) is 20.4 Å². The Labute approximate surface area is 93.4 Å². The summed E-state index contributed by atoms with van der Waals surface area (Å²) in [6.07, 6.45) is 1.26. The Bertz CT molecular complexity index is 174. The molecule has 5 heteroatoms. The van der Waals surface area contributed by atoms with Gasteiger partial charge in [0.05, 0.1) is 0 Å². The van der Waals surface area contributed by atoms with Crippen LogP contribution in [0, 0.1) is 0 Å². The average Bonchev–Trinajstić information content (AvgIpc) is 2.17.